The topological polar surface area (TPSA) is 32.8 Å². The zero-order valence-corrected chi connectivity index (χ0v) is 43.2. The number of fused-ring (bicyclic) bond motifs is 20. The monoisotopic (exact) mass is 970 g/mol. The standard InChI is InChI=1S/C70H48B2N2O2/c1-37-27-39(3)63(40(4)28-37)71-53-23-25-57-61(51-31-43-15-7-9-17-45(43)35-59(51)75-57)67(53)73-56-34-48-20-12-14-22-50(48)66-70(56)74(55-33-47-19-11-13-21-49(47)65(71)69(55)73)68-54(72(66)64-41(5)29-38(2)30-42(64)6)24-26-58-62(68)52-32-44-16-8-10-18-46(44)36-60(52)76-58/h7-36H,1-6H3. The van der Waals surface area contributed by atoms with Crippen molar-refractivity contribution in [3.8, 4) is 0 Å². The van der Waals surface area contributed by atoms with Gasteiger partial charge in [0.05, 0.1) is 44.9 Å². The first kappa shape index (κ1) is 42.4. The summed E-state index contributed by atoms with van der Waals surface area (Å²) in [6.45, 7) is 13.5. The highest BCUT2D eigenvalue weighted by molar-refractivity contribution is 7.01. The van der Waals surface area contributed by atoms with Crippen LogP contribution in [0.5, 0.6) is 0 Å². The lowest BCUT2D eigenvalue weighted by Crippen LogP contribution is -2.62. The number of aryl methyl sites for hydroxylation is 6. The Morgan fingerprint density at radius 2 is 0.658 bits per heavy atom. The third-order valence-electron chi connectivity index (χ3n) is 17.7. The van der Waals surface area contributed by atoms with Crippen LogP contribution in [0.1, 0.15) is 33.4 Å². The molecule has 0 atom stereocenters. The molecule has 0 bridgehead atoms. The van der Waals surface area contributed by atoms with E-state index in [2.05, 4.69) is 233 Å². The van der Waals surface area contributed by atoms with E-state index in [1.54, 1.807) is 0 Å². The molecule has 0 saturated carbocycles. The molecule has 12 aromatic carbocycles. The van der Waals surface area contributed by atoms with Crippen molar-refractivity contribution in [2.24, 2.45) is 0 Å². The molecule has 0 spiro atoms. The summed E-state index contributed by atoms with van der Waals surface area (Å²) < 4.78 is 14.2. The molecule has 17 rings (SSSR count). The minimum atomic E-state index is -0.116. The fourth-order valence-corrected chi connectivity index (χ4v) is 15.1. The molecule has 0 fully saturated rings. The van der Waals surface area contributed by atoms with E-state index in [0.29, 0.717) is 0 Å². The molecule has 6 heteroatoms. The van der Waals surface area contributed by atoms with Gasteiger partial charge in [-0.05, 0) is 155 Å². The summed E-state index contributed by atoms with van der Waals surface area (Å²) in [5, 5.41) is 14.2. The van der Waals surface area contributed by atoms with Crippen molar-refractivity contribution in [3.63, 3.8) is 0 Å². The zero-order valence-electron chi connectivity index (χ0n) is 43.2. The Morgan fingerprint density at radius 1 is 0.303 bits per heavy atom. The molecule has 3 aliphatic rings. The van der Waals surface area contributed by atoms with Crippen LogP contribution in [0.3, 0.4) is 0 Å². The van der Waals surface area contributed by atoms with Crippen LogP contribution in [0.2, 0.25) is 0 Å². The van der Waals surface area contributed by atoms with Crippen LogP contribution < -0.4 is 42.6 Å². The smallest absolute Gasteiger partial charge is 0.248 e. The lowest BCUT2D eigenvalue weighted by atomic mass is 9.32. The summed E-state index contributed by atoms with van der Waals surface area (Å²) in [6, 6.07) is 68.8. The van der Waals surface area contributed by atoms with Crippen molar-refractivity contribution in [2.75, 3.05) is 9.80 Å². The molecule has 5 heterocycles. The molecule has 14 aromatic rings. The van der Waals surface area contributed by atoms with Gasteiger partial charge in [-0.1, -0.05) is 178 Å². The van der Waals surface area contributed by atoms with Crippen molar-refractivity contribution < 1.29 is 8.83 Å². The van der Waals surface area contributed by atoms with Crippen molar-refractivity contribution >= 4 is 167 Å². The Labute approximate surface area is 440 Å². The van der Waals surface area contributed by atoms with Gasteiger partial charge in [0.25, 0.3) is 0 Å². The first-order valence-corrected chi connectivity index (χ1v) is 26.8. The van der Waals surface area contributed by atoms with Gasteiger partial charge in [-0.15, -0.1) is 0 Å². The molecule has 0 amide bonds. The average Bonchev–Trinajstić information content (AvgIpc) is 4.12. The fourth-order valence-electron chi connectivity index (χ4n) is 15.1. The predicted molar refractivity (Wildman–Crippen MR) is 325 cm³/mol. The molecular formula is C70H48B2N2O2. The molecule has 0 aliphatic carbocycles. The van der Waals surface area contributed by atoms with Crippen LogP contribution in [0.25, 0.3) is 87.0 Å². The molecule has 0 radical (unpaired) electrons. The summed E-state index contributed by atoms with van der Waals surface area (Å²) in [6.07, 6.45) is 0. The van der Waals surface area contributed by atoms with E-state index in [-0.39, 0.29) is 13.4 Å². The van der Waals surface area contributed by atoms with Crippen LogP contribution in [0.15, 0.2) is 191 Å². The highest BCUT2D eigenvalue weighted by Gasteiger charge is 2.50. The van der Waals surface area contributed by atoms with Gasteiger partial charge in [0.15, 0.2) is 0 Å². The second kappa shape index (κ2) is 14.9. The van der Waals surface area contributed by atoms with Crippen molar-refractivity contribution in [3.05, 3.63) is 215 Å². The van der Waals surface area contributed by atoms with Crippen LogP contribution in [-0.4, -0.2) is 13.4 Å². The van der Waals surface area contributed by atoms with E-state index in [1.165, 1.54) is 132 Å². The summed E-state index contributed by atoms with van der Waals surface area (Å²) in [5.41, 5.74) is 26.3. The van der Waals surface area contributed by atoms with Crippen LogP contribution in [-0.2, 0) is 0 Å². The summed E-state index contributed by atoms with van der Waals surface area (Å²) in [5.74, 6) is 0. The van der Waals surface area contributed by atoms with Crippen LogP contribution in [0.4, 0.5) is 34.1 Å². The van der Waals surface area contributed by atoms with Crippen LogP contribution in [0, 0.1) is 41.5 Å². The Bertz CT molecular complexity index is 4640. The third-order valence-corrected chi connectivity index (χ3v) is 17.7. The molecule has 0 saturated heterocycles. The normalized spacial score (nSPS) is 13.6. The summed E-state index contributed by atoms with van der Waals surface area (Å²) in [4.78, 5) is 5.40. The van der Waals surface area contributed by atoms with Gasteiger partial charge in [0.1, 0.15) is 22.3 Å². The third kappa shape index (κ3) is 5.45. The van der Waals surface area contributed by atoms with E-state index >= 15 is 0 Å². The fraction of sp³-hybridized carbons (Fsp3) is 0.0857. The molecule has 2 aromatic heterocycles. The van der Waals surface area contributed by atoms with Gasteiger partial charge < -0.3 is 18.6 Å². The lowest BCUT2D eigenvalue weighted by molar-refractivity contribution is 0.669. The van der Waals surface area contributed by atoms with Crippen molar-refractivity contribution in [1.82, 2.24) is 0 Å². The van der Waals surface area contributed by atoms with Crippen molar-refractivity contribution in [2.45, 2.75) is 41.5 Å². The molecule has 0 unspecified atom stereocenters. The molecule has 4 nitrogen and oxygen atoms in total. The number of nitrogens with zero attached hydrogens (tertiary/aromatic N) is 2. The SMILES string of the molecule is Cc1cc(C)c(B2c3ccc4oc5cc6ccccc6cc5c4c3N3c4cc5ccccc5c5c4N(c4cc6ccccc6c2c43)c2c(ccc3oc4cc6ccccc6cc4c23)B5c2c(C)cc(C)cc2C)c(C)c1. The van der Waals surface area contributed by atoms with E-state index in [0.717, 1.165) is 55.3 Å². The highest BCUT2D eigenvalue weighted by Crippen LogP contribution is 2.60. The average molecular weight is 971 g/mol. The number of rotatable bonds is 2. The van der Waals surface area contributed by atoms with Gasteiger partial charge in [-0.3, -0.25) is 0 Å². The molecule has 3 aliphatic heterocycles. The van der Waals surface area contributed by atoms with Gasteiger partial charge in [-0.25, -0.2) is 0 Å². The number of hydrogen-bond acceptors (Lipinski definition) is 4. The number of anilines is 6. The maximum atomic E-state index is 7.09. The summed E-state index contributed by atoms with van der Waals surface area (Å²) >= 11 is 0. The van der Waals surface area contributed by atoms with Gasteiger partial charge in [0.2, 0.25) is 13.4 Å². The largest absolute Gasteiger partial charge is 0.456 e. The Hall–Kier alpha value is -8.99. The minimum Gasteiger partial charge on any atom is -0.456 e. The molecule has 76 heavy (non-hydrogen) atoms. The van der Waals surface area contributed by atoms with E-state index < -0.39 is 0 Å². The van der Waals surface area contributed by atoms with E-state index in [9.17, 15) is 0 Å². The minimum absolute atomic E-state index is 0.116. The van der Waals surface area contributed by atoms with E-state index in [4.69, 9.17) is 8.83 Å². The maximum Gasteiger partial charge on any atom is 0.248 e. The van der Waals surface area contributed by atoms with Gasteiger partial charge in [-0.2, -0.15) is 0 Å². The number of benzene rings is 12. The first-order valence-electron chi connectivity index (χ1n) is 26.8. The zero-order chi connectivity index (χ0) is 50.6. The molecule has 0 N–H and O–H groups in total. The maximum absolute atomic E-state index is 7.09. The second-order valence-electron chi connectivity index (χ2n) is 22.3. The second-order valence-corrected chi connectivity index (χ2v) is 22.3. The first-order chi connectivity index (χ1) is 37.2. The quantitative estimate of drug-likeness (QED) is 0.162. The lowest BCUT2D eigenvalue weighted by Gasteiger charge is -2.50. The van der Waals surface area contributed by atoms with Crippen LogP contribution >= 0.6 is 0 Å². The number of hydrogen-bond donors (Lipinski definition) is 0. The predicted octanol–water partition coefficient (Wildman–Crippen LogP) is 14.9. The van der Waals surface area contributed by atoms with Crippen molar-refractivity contribution in [1.29, 1.82) is 0 Å². The summed E-state index contributed by atoms with van der Waals surface area (Å²) in [7, 11) is 0. The molecular weight excluding hydrogens is 922 g/mol. The Balaban J connectivity index is 1.12. The number of furan rings is 2. The molecule has 356 valence electrons. The highest BCUT2D eigenvalue weighted by atomic mass is 16.3. The Kier molecular flexibility index (Phi) is 8.29. The Morgan fingerprint density at radius 3 is 1.05 bits per heavy atom. The van der Waals surface area contributed by atoms with E-state index in [1.807, 2.05) is 0 Å². The van der Waals surface area contributed by atoms with Gasteiger partial charge >= 0.3 is 0 Å². The van der Waals surface area contributed by atoms with Gasteiger partial charge in [0, 0.05) is 10.8 Å².